The van der Waals surface area contributed by atoms with Crippen LogP contribution in [-0.2, 0) is 9.84 Å². The summed E-state index contributed by atoms with van der Waals surface area (Å²) in [6.45, 7) is 0. The maximum atomic E-state index is 12.1. The summed E-state index contributed by atoms with van der Waals surface area (Å²) in [7, 11) is -3.72. The molecule has 2 rings (SSSR count). The van der Waals surface area contributed by atoms with Crippen LogP contribution in [0.3, 0.4) is 0 Å². The number of aromatic amines is 1. The Kier molecular flexibility index (Phi) is 5.22. The molecule has 0 fully saturated rings. The van der Waals surface area contributed by atoms with Gasteiger partial charge >= 0.3 is 0 Å². The predicted molar refractivity (Wildman–Crippen MR) is 85.9 cm³/mol. The van der Waals surface area contributed by atoms with E-state index in [0.717, 1.165) is 0 Å². The van der Waals surface area contributed by atoms with E-state index in [9.17, 15) is 8.42 Å². The third kappa shape index (κ3) is 4.14. The molecule has 0 amide bonds. The number of hydrogen-bond donors (Lipinski definition) is 1. The molecule has 0 unspecified atom stereocenters. The van der Waals surface area contributed by atoms with Crippen LogP contribution in [0, 0.1) is 0 Å². The standard InChI is InChI=1S/C12H8Cl4N2O2S/c13-8(3-7-1-2-9(14)10(15)4-7)6-21(19,20)12-11(16)5-17-18-12/h1-5H,6H2,(H,17,18). The molecule has 112 valence electrons. The lowest BCUT2D eigenvalue weighted by atomic mass is 10.2. The SMILES string of the molecule is O=S(=O)(CC(Cl)=Cc1ccc(Cl)c(Cl)c1)c1n[nH]cc1Cl. The molecule has 4 nitrogen and oxygen atoms in total. The summed E-state index contributed by atoms with van der Waals surface area (Å²) in [5, 5.41) is 6.64. The highest BCUT2D eigenvalue weighted by atomic mass is 35.5. The fraction of sp³-hybridized carbons (Fsp3) is 0.0833. The average molecular weight is 386 g/mol. The molecule has 1 heterocycles. The fourth-order valence-corrected chi connectivity index (χ4v) is 3.99. The average Bonchev–Trinajstić information content (AvgIpc) is 2.80. The number of benzene rings is 1. The monoisotopic (exact) mass is 384 g/mol. The minimum absolute atomic E-state index is 0.0222. The van der Waals surface area contributed by atoms with E-state index in [4.69, 9.17) is 46.4 Å². The van der Waals surface area contributed by atoms with E-state index in [-0.39, 0.29) is 15.1 Å². The Hall–Kier alpha value is -0.720. The minimum Gasteiger partial charge on any atom is -0.283 e. The van der Waals surface area contributed by atoms with Gasteiger partial charge in [0.2, 0.25) is 9.84 Å². The van der Waals surface area contributed by atoms with Gasteiger partial charge in [0, 0.05) is 11.2 Å². The van der Waals surface area contributed by atoms with E-state index < -0.39 is 15.6 Å². The summed E-state index contributed by atoms with van der Waals surface area (Å²) in [6.07, 6.45) is 2.77. The molecule has 1 N–H and O–H groups in total. The highest BCUT2D eigenvalue weighted by Crippen LogP contribution is 2.26. The van der Waals surface area contributed by atoms with Gasteiger partial charge in [0.1, 0.15) is 0 Å². The summed E-state index contributed by atoms with van der Waals surface area (Å²) in [6, 6.07) is 4.85. The number of nitrogens with zero attached hydrogens (tertiary/aromatic N) is 1. The largest absolute Gasteiger partial charge is 0.283 e. The second-order valence-corrected chi connectivity index (χ2v) is 7.67. The molecule has 21 heavy (non-hydrogen) atoms. The molecular formula is C12H8Cl4N2O2S. The highest BCUT2D eigenvalue weighted by Gasteiger charge is 2.22. The smallest absolute Gasteiger partial charge is 0.203 e. The van der Waals surface area contributed by atoms with Crippen molar-refractivity contribution in [1.29, 1.82) is 0 Å². The molecule has 0 saturated carbocycles. The van der Waals surface area contributed by atoms with Crippen LogP contribution in [0.15, 0.2) is 34.5 Å². The molecule has 0 saturated heterocycles. The summed E-state index contributed by atoms with van der Waals surface area (Å²) >= 11 is 23.4. The number of aromatic nitrogens is 2. The lowest BCUT2D eigenvalue weighted by Gasteiger charge is -2.02. The maximum absolute atomic E-state index is 12.1. The minimum atomic E-state index is -3.72. The van der Waals surface area contributed by atoms with Crippen LogP contribution in [0.4, 0.5) is 0 Å². The fourth-order valence-electron chi connectivity index (χ4n) is 1.56. The first kappa shape index (κ1) is 16.6. The topological polar surface area (TPSA) is 62.8 Å². The Labute approximate surface area is 141 Å². The van der Waals surface area contributed by atoms with Crippen LogP contribution in [-0.4, -0.2) is 24.4 Å². The van der Waals surface area contributed by atoms with E-state index >= 15 is 0 Å². The van der Waals surface area contributed by atoms with Crippen molar-refractivity contribution in [2.24, 2.45) is 0 Å². The molecule has 2 aromatic rings. The van der Waals surface area contributed by atoms with Gasteiger partial charge in [0.25, 0.3) is 0 Å². The molecule has 0 atom stereocenters. The van der Waals surface area contributed by atoms with Gasteiger partial charge in [-0.25, -0.2) is 8.42 Å². The van der Waals surface area contributed by atoms with Crippen molar-refractivity contribution in [3.05, 3.63) is 50.1 Å². The number of rotatable bonds is 4. The molecule has 0 bridgehead atoms. The van der Waals surface area contributed by atoms with Crippen molar-refractivity contribution >= 4 is 62.3 Å². The summed E-state index contributed by atoms with van der Waals surface area (Å²) in [4.78, 5) is 0. The second kappa shape index (κ2) is 6.58. The maximum Gasteiger partial charge on any atom is 0.203 e. The number of hydrogen-bond acceptors (Lipinski definition) is 3. The van der Waals surface area contributed by atoms with Gasteiger partial charge in [-0.2, -0.15) is 5.10 Å². The number of nitrogens with one attached hydrogen (secondary N) is 1. The van der Waals surface area contributed by atoms with Crippen molar-refractivity contribution in [3.8, 4) is 0 Å². The van der Waals surface area contributed by atoms with Gasteiger partial charge in [0.05, 0.1) is 20.8 Å². The van der Waals surface area contributed by atoms with Crippen LogP contribution >= 0.6 is 46.4 Å². The van der Waals surface area contributed by atoms with Gasteiger partial charge in [-0.15, -0.1) is 0 Å². The van der Waals surface area contributed by atoms with Crippen molar-refractivity contribution in [2.75, 3.05) is 5.75 Å². The molecule has 0 aliphatic rings. The first-order valence-corrected chi connectivity index (χ1v) is 8.69. The van der Waals surface area contributed by atoms with E-state index in [2.05, 4.69) is 10.2 Å². The Bertz CT molecular complexity index is 799. The predicted octanol–water partition coefficient (Wildman–Crippen LogP) is 4.42. The second-order valence-electron chi connectivity index (χ2n) is 4.06. The zero-order chi connectivity index (χ0) is 15.6. The Morgan fingerprint density at radius 3 is 2.48 bits per heavy atom. The van der Waals surface area contributed by atoms with Crippen LogP contribution in [0.25, 0.3) is 6.08 Å². The Morgan fingerprint density at radius 2 is 1.90 bits per heavy atom. The Morgan fingerprint density at radius 1 is 1.19 bits per heavy atom. The summed E-state index contributed by atoms with van der Waals surface area (Å²) in [5.41, 5.74) is 0.637. The first-order valence-electron chi connectivity index (χ1n) is 5.53. The molecule has 0 spiro atoms. The third-order valence-electron chi connectivity index (χ3n) is 2.45. The zero-order valence-corrected chi connectivity index (χ0v) is 14.1. The van der Waals surface area contributed by atoms with Crippen molar-refractivity contribution in [3.63, 3.8) is 0 Å². The van der Waals surface area contributed by atoms with Gasteiger partial charge in [-0.1, -0.05) is 52.5 Å². The van der Waals surface area contributed by atoms with Crippen molar-refractivity contribution < 1.29 is 8.42 Å². The van der Waals surface area contributed by atoms with E-state index in [1.807, 2.05) is 0 Å². The van der Waals surface area contributed by atoms with Gasteiger partial charge in [-0.3, -0.25) is 5.10 Å². The summed E-state index contributed by atoms with van der Waals surface area (Å²) in [5.74, 6) is -0.417. The first-order chi connectivity index (χ1) is 9.79. The Balaban J connectivity index is 2.25. The quantitative estimate of drug-likeness (QED) is 0.846. The van der Waals surface area contributed by atoms with E-state index in [1.165, 1.54) is 12.3 Å². The van der Waals surface area contributed by atoms with Crippen LogP contribution in [0.5, 0.6) is 0 Å². The molecule has 1 aromatic heterocycles. The van der Waals surface area contributed by atoms with Crippen molar-refractivity contribution in [2.45, 2.75) is 5.03 Å². The van der Waals surface area contributed by atoms with Crippen molar-refractivity contribution in [1.82, 2.24) is 10.2 Å². The lowest BCUT2D eigenvalue weighted by Crippen LogP contribution is -2.08. The normalized spacial score (nSPS) is 12.7. The van der Waals surface area contributed by atoms with Gasteiger partial charge < -0.3 is 0 Å². The molecule has 0 aliphatic heterocycles. The molecule has 9 heteroatoms. The molecule has 1 aromatic carbocycles. The van der Waals surface area contributed by atoms with E-state index in [0.29, 0.717) is 15.6 Å². The zero-order valence-electron chi connectivity index (χ0n) is 10.3. The molecular weight excluding hydrogens is 378 g/mol. The number of halogens is 4. The van der Waals surface area contributed by atoms with Crippen LogP contribution in [0.2, 0.25) is 15.1 Å². The van der Waals surface area contributed by atoms with Crippen LogP contribution in [0.1, 0.15) is 5.56 Å². The lowest BCUT2D eigenvalue weighted by molar-refractivity contribution is 0.594. The molecule has 0 aliphatic carbocycles. The summed E-state index contributed by atoms with van der Waals surface area (Å²) < 4.78 is 24.2. The van der Waals surface area contributed by atoms with E-state index in [1.54, 1.807) is 18.2 Å². The number of H-pyrrole nitrogens is 1. The van der Waals surface area contributed by atoms with Gasteiger partial charge in [-0.05, 0) is 23.8 Å². The highest BCUT2D eigenvalue weighted by molar-refractivity contribution is 7.91. The van der Waals surface area contributed by atoms with Gasteiger partial charge in [0.15, 0.2) is 5.03 Å². The third-order valence-corrected chi connectivity index (χ3v) is 5.58. The molecule has 0 radical (unpaired) electrons. The van der Waals surface area contributed by atoms with Crippen LogP contribution < -0.4 is 0 Å². The number of sulfone groups is 1.